The van der Waals surface area contributed by atoms with Crippen LogP contribution in [-0.4, -0.2) is 35.8 Å². The third kappa shape index (κ3) is 4.53. The molecular formula is C26H16N4O3SZn. The van der Waals surface area contributed by atoms with Crippen molar-refractivity contribution in [2.45, 2.75) is 0 Å². The summed E-state index contributed by atoms with van der Waals surface area (Å²) >= 11 is 0. The summed E-state index contributed by atoms with van der Waals surface area (Å²) in [6.45, 7) is 0. The van der Waals surface area contributed by atoms with E-state index < -0.39 is 10.1 Å². The van der Waals surface area contributed by atoms with Gasteiger partial charge in [0.25, 0.3) is 10.1 Å². The summed E-state index contributed by atoms with van der Waals surface area (Å²) in [5.74, 6) is 0. The van der Waals surface area contributed by atoms with Gasteiger partial charge in [0.1, 0.15) is 4.91 Å². The van der Waals surface area contributed by atoms with Crippen LogP contribution in [0.3, 0.4) is 0 Å². The largest absolute Gasteiger partial charge is 0.297 e. The van der Waals surface area contributed by atoms with Crippen molar-refractivity contribution in [1.82, 2.24) is 0 Å². The summed E-state index contributed by atoms with van der Waals surface area (Å²) in [6, 6.07) is 8.99. The van der Waals surface area contributed by atoms with Crippen molar-refractivity contribution in [1.29, 1.82) is 0 Å². The van der Waals surface area contributed by atoms with Gasteiger partial charge in [-0.15, -0.1) is 0 Å². The molecule has 1 aromatic rings. The predicted molar refractivity (Wildman–Crippen MR) is 134 cm³/mol. The number of nitrogens with zero attached hydrogens (tertiary/aromatic N) is 4. The van der Waals surface area contributed by atoms with Crippen molar-refractivity contribution in [3.8, 4) is 0 Å². The fraction of sp³-hybridized carbons (Fsp3) is 0. The first-order valence-electron chi connectivity index (χ1n) is 10.5. The molecule has 7 nitrogen and oxygen atoms in total. The van der Waals surface area contributed by atoms with Gasteiger partial charge in [-0.1, -0.05) is 30.3 Å². The van der Waals surface area contributed by atoms with Gasteiger partial charge < -0.3 is 0 Å². The molecule has 35 heavy (non-hydrogen) atoms. The molecule has 0 amide bonds. The van der Waals surface area contributed by atoms with Crippen LogP contribution in [0.1, 0.15) is 5.56 Å². The van der Waals surface area contributed by atoms with Crippen molar-refractivity contribution >= 4 is 38.5 Å². The number of hydrogen-bond donors (Lipinski definition) is 1. The molecule has 5 aliphatic heterocycles. The minimum atomic E-state index is -4.61. The smallest absolute Gasteiger partial charge is 0.282 e. The molecule has 5 heterocycles. The van der Waals surface area contributed by atoms with Crippen LogP contribution in [0.4, 0.5) is 0 Å². The average Bonchev–Trinajstić information content (AvgIpc) is 3.58. The Labute approximate surface area is 214 Å². The van der Waals surface area contributed by atoms with Crippen molar-refractivity contribution in [2.24, 2.45) is 20.0 Å². The molecule has 0 unspecified atom stereocenters. The maximum Gasteiger partial charge on any atom is 0.297 e. The second-order valence-corrected chi connectivity index (χ2v) is 9.25. The third-order valence-corrected chi connectivity index (χ3v) is 6.42. The van der Waals surface area contributed by atoms with E-state index in [-0.39, 0.29) is 30.1 Å². The Morgan fingerprint density at radius 3 is 1.69 bits per heavy atom. The summed E-state index contributed by atoms with van der Waals surface area (Å²) in [4.78, 5) is 18.1. The van der Waals surface area contributed by atoms with Crippen LogP contribution in [0.25, 0.3) is 5.57 Å². The van der Waals surface area contributed by atoms with Gasteiger partial charge in [0.05, 0.1) is 45.6 Å². The average molecular weight is 530 g/mol. The van der Waals surface area contributed by atoms with Gasteiger partial charge in [-0.3, -0.25) is 4.55 Å². The molecule has 0 fully saturated rings. The molecule has 9 heteroatoms. The monoisotopic (exact) mass is 528 g/mol. The molecule has 0 aromatic heterocycles. The number of aliphatic imine (C=N–C) groups is 4. The fourth-order valence-corrected chi connectivity index (χ4v) is 4.93. The molecule has 166 valence electrons. The Morgan fingerprint density at radius 2 is 1.14 bits per heavy atom. The number of rotatable bonds is 2. The van der Waals surface area contributed by atoms with E-state index in [1.54, 1.807) is 42.5 Å². The Kier molecular flexibility index (Phi) is 5.85. The number of hydrogen-bond acceptors (Lipinski definition) is 6. The third-order valence-electron chi connectivity index (χ3n) is 5.49. The van der Waals surface area contributed by atoms with Crippen molar-refractivity contribution < 1.29 is 32.4 Å². The van der Waals surface area contributed by atoms with E-state index >= 15 is 0 Å². The number of allylic oxidation sites excluding steroid dienone is 11. The predicted octanol–water partition coefficient (Wildman–Crippen LogP) is 4.32. The normalized spacial score (nSPS) is 19.9. The number of fused-ring (bicyclic) bond motifs is 4. The van der Waals surface area contributed by atoms with Crippen molar-refractivity contribution in [3.05, 3.63) is 124 Å². The second-order valence-electron chi connectivity index (χ2n) is 7.89. The molecule has 5 aliphatic rings. The number of benzene rings is 1. The minimum absolute atomic E-state index is 0. The van der Waals surface area contributed by atoms with Crippen LogP contribution < -0.4 is 0 Å². The van der Waals surface area contributed by atoms with E-state index in [1.165, 1.54) is 0 Å². The standard InChI is InChI=1S/C26H16N4O3S.Zn/c31-34(32,33)26-24-15-22-11-9-20(29-22)13-18-7-6-17(27-18)12-19-8-10-21(28-19)14-23(30-24)25(26)16-4-2-1-3-5-16;/h1-15H,(H,31,32,33);. The molecule has 0 spiro atoms. The molecule has 0 saturated heterocycles. The van der Waals surface area contributed by atoms with Crippen LogP contribution in [0.15, 0.2) is 139 Å². The first-order chi connectivity index (χ1) is 16.4. The van der Waals surface area contributed by atoms with Gasteiger partial charge in [-0.25, -0.2) is 20.0 Å². The molecule has 1 aromatic carbocycles. The summed E-state index contributed by atoms with van der Waals surface area (Å²) in [7, 11) is -4.61. The maximum absolute atomic E-state index is 12.6. The Morgan fingerprint density at radius 1 is 0.629 bits per heavy atom. The summed E-state index contributed by atoms with van der Waals surface area (Å²) in [6.07, 6.45) is 18.0. The van der Waals surface area contributed by atoms with Gasteiger partial charge in [-0.2, -0.15) is 8.42 Å². The zero-order chi connectivity index (χ0) is 23.3. The van der Waals surface area contributed by atoms with Crippen LogP contribution in [0, 0.1) is 0 Å². The minimum Gasteiger partial charge on any atom is -0.282 e. The van der Waals surface area contributed by atoms with Gasteiger partial charge in [0.2, 0.25) is 0 Å². The fourth-order valence-electron chi connectivity index (χ4n) is 4.08. The summed E-state index contributed by atoms with van der Waals surface area (Å²) in [5.41, 5.74) is 5.44. The molecule has 0 aliphatic carbocycles. The van der Waals surface area contributed by atoms with Crippen LogP contribution in [-0.2, 0) is 29.6 Å². The first-order valence-corrected chi connectivity index (χ1v) is 11.9. The van der Waals surface area contributed by atoms with Crippen LogP contribution in [0.2, 0.25) is 0 Å². The summed E-state index contributed by atoms with van der Waals surface area (Å²) in [5, 5.41) is 0. The molecular weight excluding hydrogens is 514 g/mol. The second kappa shape index (κ2) is 8.85. The van der Waals surface area contributed by atoms with E-state index in [0.29, 0.717) is 39.7 Å². The van der Waals surface area contributed by atoms with Crippen LogP contribution >= 0.6 is 0 Å². The Bertz CT molecular complexity index is 1640. The van der Waals surface area contributed by atoms with Gasteiger partial charge in [-0.05, 0) is 66.3 Å². The van der Waals surface area contributed by atoms with E-state index in [2.05, 4.69) is 20.0 Å². The summed E-state index contributed by atoms with van der Waals surface area (Å²) < 4.78 is 35.3. The van der Waals surface area contributed by atoms with E-state index in [0.717, 1.165) is 11.4 Å². The molecule has 8 bridgehead atoms. The maximum atomic E-state index is 12.6. The quantitative estimate of drug-likeness (QED) is 0.456. The zero-order valence-electron chi connectivity index (χ0n) is 18.3. The molecule has 1 N–H and O–H groups in total. The van der Waals surface area contributed by atoms with E-state index in [9.17, 15) is 13.0 Å². The molecule has 0 atom stereocenters. The van der Waals surface area contributed by atoms with E-state index in [1.807, 2.05) is 48.6 Å². The molecule has 6 rings (SSSR count). The van der Waals surface area contributed by atoms with Crippen LogP contribution in [0.5, 0.6) is 0 Å². The first kappa shape index (κ1) is 23.1. The van der Waals surface area contributed by atoms with Crippen molar-refractivity contribution in [3.63, 3.8) is 0 Å². The SMILES string of the molecule is O=S(=O)(O)C1=C(c2ccccc2)C2=NC1=CC1=NC(=CC3=NC(=CC4=NC(=C2)C=C4)C=C3)C=C1.[Zn]. The van der Waals surface area contributed by atoms with Gasteiger partial charge in [0.15, 0.2) is 0 Å². The Hall–Kier alpha value is -3.65. The topological polar surface area (TPSA) is 104 Å². The van der Waals surface area contributed by atoms with Crippen molar-refractivity contribution in [2.75, 3.05) is 0 Å². The molecule has 0 saturated carbocycles. The Balaban J connectivity index is 0.00000253. The zero-order valence-corrected chi connectivity index (χ0v) is 22.1. The van der Waals surface area contributed by atoms with Gasteiger partial charge >= 0.3 is 0 Å². The van der Waals surface area contributed by atoms with Gasteiger partial charge in [0, 0.05) is 25.1 Å². The van der Waals surface area contributed by atoms with E-state index in [4.69, 9.17) is 0 Å². The molecule has 0 radical (unpaired) electrons.